The lowest BCUT2D eigenvalue weighted by atomic mass is 10.1. The average Bonchev–Trinajstić information content (AvgIpc) is 2.61. The third-order valence-corrected chi connectivity index (χ3v) is 1.89. The number of β-amino-alcohol motifs (C(OH)–C–C–N with tert-alkyl or cyclic N) is 1. The van der Waals surface area contributed by atoms with E-state index in [-0.39, 0.29) is 12.1 Å². The van der Waals surface area contributed by atoms with E-state index in [1.807, 2.05) is 20.8 Å². The molecule has 1 atom stereocenters. The molecule has 0 bridgehead atoms. The van der Waals surface area contributed by atoms with E-state index >= 15 is 0 Å². The summed E-state index contributed by atoms with van der Waals surface area (Å²) in [5.41, 5.74) is 0.376. The summed E-state index contributed by atoms with van der Waals surface area (Å²) in [4.78, 5) is 0. The molecule has 0 saturated carbocycles. The highest BCUT2D eigenvalue weighted by atomic mass is 16.5. The first-order chi connectivity index (χ1) is 6.92. The lowest BCUT2D eigenvalue weighted by molar-refractivity contribution is 0.128. The van der Waals surface area contributed by atoms with Crippen LogP contribution in [-0.4, -0.2) is 27.5 Å². The maximum Gasteiger partial charge on any atom is 0.166 e. The van der Waals surface area contributed by atoms with Gasteiger partial charge >= 0.3 is 0 Å². The minimum atomic E-state index is -0.739. The molecule has 0 aliphatic heterocycles. The first-order valence-electron chi connectivity index (χ1n) is 4.92. The molecule has 15 heavy (non-hydrogen) atoms. The number of rotatable bonds is 4. The number of hydrogen-bond acceptors (Lipinski definition) is 5. The first kappa shape index (κ1) is 12.2. The Labute approximate surface area is 89.1 Å². The zero-order valence-electron chi connectivity index (χ0n) is 9.32. The molecule has 1 rings (SSSR count). The molecule has 0 spiro atoms. The summed E-state index contributed by atoms with van der Waals surface area (Å²) in [6, 6.07) is 1.55. The molecule has 1 unspecified atom stereocenters. The van der Waals surface area contributed by atoms with E-state index in [2.05, 4.69) is 10.5 Å². The Morgan fingerprint density at radius 3 is 2.67 bits per heavy atom. The Morgan fingerprint density at radius 1 is 1.53 bits per heavy atom. The van der Waals surface area contributed by atoms with Crippen molar-refractivity contribution in [2.75, 3.05) is 6.54 Å². The fraction of sp³-hybridized carbons (Fsp3) is 0.700. The molecule has 1 aromatic rings. The van der Waals surface area contributed by atoms with Crippen molar-refractivity contribution >= 4 is 0 Å². The van der Waals surface area contributed by atoms with Gasteiger partial charge in [0.05, 0.1) is 6.61 Å². The van der Waals surface area contributed by atoms with Gasteiger partial charge in [-0.3, -0.25) is 0 Å². The molecule has 3 N–H and O–H groups in total. The molecule has 0 radical (unpaired) electrons. The fourth-order valence-corrected chi connectivity index (χ4v) is 1.06. The van der Waals surface area contributed by atoms with E-state index in [4.69, 9.17) is 9.63 Å². The summed E-state index contributed by atoms with van der Waals surface area (Å²) in [5.74, 6) is 0.371. The van der Waals surface area contributed by atoms with Gasteiger partial charge in [-0.1, -0.05) is 5.16 Å². The predicted octanol–water partition coefficient (Wildman–Crippen LogP) is 0.588. The molecule has 5 nitrogen and oxygen atoms in total. The molecular weight excluding hydrogens is 196 g/mol. The molecule has 0 aromatic carbocycles. The maximum atomic E-state index is 9.71. The normalized spacial score (nSPS) is 14.2. The number of nitrogens with zero attached hydrogens (tertiary/aromatic N) is 1. The van der Waals surface area contributed by atoms with Crippen LogP contribution in [0.25, 0.3) is 0 Å². The molecule has 0 saturated heterocycles. The van der Waals surface area contributed by atoms with Crippen molar-refractivity contribution in [1.82, 2.24) is 10.5 Å². The van der Waals surface area contributed by atoms with Crippen molar-refractivity contribution < 1.29 is 14.7 Å². The smallest absolute Gasteiger partial charge is 0.166 e. The van der Waals surface area contributed by atoms with Crippen LogP contribution in [0, 0.1) is 0 Å². The van der Waals surface area contributed by atoms with Crippen LogP contribution >= 0.6 is 0 Å². The Hall–Kier alpha value is -0.910. The second-order valence-corrected chi connectivity index (χ2v) is 4.53. The number of hydrogen-bond donors (Lipinski definition) is 3. The molecule has 0 amide bonds. The zero-order valence-corrected chi connectivity index (χ0v) is 9.32. The van der Waals surface area contributed by atoms with E-state index in [0.717, 1.165) is 0 Å². The lowest BCUT2D eigenvalue weighted by Gasteiger charge is -2.21. The van der Waals surface area contributed by atoms with E-state index in [9.17, 15) is 5.11 Å². The Balaban J connectivity index is 2.50. The van der Waals surface area contributed by atoms with Gasteiger partial charge in [-0.15, -0.1) is 0 Å². The minimum absolute atomic E-state index is 0.0548. The highest BCUT2D eigenvalue weighted by Crippen LogP contribution is 2.14. The standard InChI is InChI=1S/C10H18N2O3/c1-10(2,3)11-5-8(14)9-4-7(6-13)12-15-9/h4,8,11,13-14H,5-6H2,1-3H3. The van der Waals surface area contributed by atoms with Gasteiger partial charge in [-0.05, 0) is 20.8 Å². The third-order valence-electron chi connectivity index (χ3n) is 1.89. The van der Waals surface area contributed by atoms with Crippen LogP contribution in [-0.2, 0) is 6.61 Å². The number of aliphatic hydroxyl groups is 2. The van der Waals surface area contributed by atoms with Gasteiger partial charge in [0.1, 0.15) is 11.8 Å². The molecule has 1 aromatic heterocycles. The van der Waals surface area contributed by atoms with Gasteiger partial charge < -0.3 is 20.1 Å². The Bertz CT molecular complexity index is 304. The number of aliphatic hydroxyl groups excluding tert-OH is 2. The van der Waals surface area contributed by atoms with E-state index < -0.39 is 6.10 Å². The summed E-state index contributed by atoms with van der Waals surface area (Å²) in [5, 5.41) is 25.2. The molecule has 0 fully saturated rings. The quantitative estimate of drug-likeness (QED) is 0.683. The van der Waals surface area contributed by atoms with Crippen LogP contribution in [0.2, 0.25) is 0 Å². The van der Waals surface area contributed by atoms with Crippen LogP contribution in [0.15, 0.2) is 10.6 Å². The highest BCUT2D eigenvalue weighted by molar-refractivity contribution is 5.07. The Morgan fingerprint density at radius 2 is 2.20 bits per heavy atom. The summed E-state index contributed by atoms with van der Waals surface area (Å²) in [6.45, 7) is 6.25. The van der Waals surface area contributed by atoms with Crippen molar-refractivity contribution in [2.45, 2.75) is 39.0 Å². The molecule has 0 aliphatic carbocycles. The SMILES string of the molecule is CC(C)(C)NCC(O)c1cc(CO)no1. The van der Waals surface area contributed by atoms with Crippen LogP contribution in [0.3, 0.4) is 0 Å². The molecule has 86 valence electrons. The fourth-order valence-electron chi connectivity index (χ4n) is 1.06. The van der Waals surface area contributed by atoms with Crippen LogP contribution < -0.4 is 5.32 Å². The van der Waals surface area contributed by atoms with Crippen LogP contribution in [0.4, 0.5) is 0 Å². The van der Waals surface area contributed by atoms with Crippen molar-refractivity contribution in [3.63, 3.8) is 0 Å². The Kier molecular flexibility index (Phi) is 3.84. The zero-order chi connectivity index (χ0) is 11.5. The van der Waals surface area contributed by atoms with Gasteiger partial charge in [-0.2, -0.15) is 0 Å². The third kappa shape index (κ3) is 3.99. The van der Waals surface area contributed by atoms with Gasteiger partial charge in [-0.25, -0.2) is 0 Å². The average molecular weight is 214 g/mol. The second-order valence-electron chi connectivity index (χ2n) is 4.53. The lowest BCUT2D eigenvalue weighted by Crippen LogP contribution is -2.38. The van der Waals surface area contributed by atoms with Gasteiger partial charge in [0.15, 0.2) is 5.76 Å². The minimum Gasteiger partial charge on any atom is -0.390 e. The van der Waals surface area contributed by atoms with Crippen LogP contribution in [0.5, 0.6) is 0 Å². The van der Waals surface area contributed by atoms with E-state index in [1.54, 1.807) is 6.07 Å². The summed E-state index contributed by atoms with van der Waals surface area (Å²) >= 11 is 0. The van der Waals surface area contributed by atoms with E-state index in [1.165, 1.54) is 0 Å². The second kappa shape index (κ2) is 4.74. The first-order valence-corrected chi connectivity index (χ1v) is 4.92. The topological polar surface area (TPSA) is 78.5 Å². The number of nitrogens with one attached hydrogen (secondary N) is 1. The van der Waals surface area contributed by atoms with E-state index in [0.29, 0.717) is 18.0 Å². The van der Waals surface area contributed by atoms with Crippen molar-refractivity contribution in [2.24, 2.45) is 0 Å². The van der Waals surface area contributed by atoms with Crippen molar-refractivity contribution in [3.8, 4) is 0 Å². The van der Waals surface area contributed by atoms with Crippen LogP contribution in [0.1, 0.15) is 38.3 Å². The van der Waals surface area contributed by atoms with Crippen molar-refractivity contribution in [3.05, 3.63) is 17.5 Å². The molecule has 1 heterocycles. The van der Waals surface area contributed by atoms with Gasteiger partial charge in [0.25, 0.3) is 0 Å². The molecule has 5 heteroatoms. The van der Waals surface area contributed by atoms with Crippen molar-refractivity contribution in [1.29, 1.82) is 0 Å². The summed E-state index contributed by atoms with van der Waals surface area (Å²) in [6.07, 6.45) is -0.739. The van der Waals surface area contributed by atoms with Gasteiger partial charge in [0, 0.05) is 18.2 Å². The molecule has 0 aliphatic rings. The number of aromatic nitrogens is 1. The largest absolute Gasteiger partial charge is 0.390 e. The monoisotopic (exact) mass is 214 g/mol. The maximum absolute atomic E-state index is 9.71. The summed E-state index contributed by atoms with van der Waals surface area (Å²) in [7, 11) is 0. The molecular formula is C10H18N2O3. The van der Waals surface area contributed by atoms with Gasteiger partial charge in [0.2, 0.25) is 0 Å². The summed E-state index contributed by atoms with van der Waals surface area (Å²) < 4.78 is 4.88. The highest BCUT2D eigenvalue weighted by Gasteiger charge is 2.17. The predicted molar refractivity (Wildman–Crippen MR) is 55.1 cm³/mol.